The third-order valence-corrected chi connectivity index (χ3v) is 15.3. The molecule has 0 bridgehead atoms. The average molecular weight is 1040 g/mol. The van der Waals surface area contributed by atoms with Gasteiger partial charge in [0, 0.05) is 70.4 Å². The van der Waals surface area contributed by atoms with Crippen LogP contribution < -0.4 is 9.80 Å². The Morgan fingerprint density at radius 2 is 0.882 bits per heavy atom. The molecule has 0 atom stereocenters. The Balaban J connectivity index is 1.20. The number of benzene rings is 5. The van der Waals surface area contributed by atoms with Gasteiger partial charge in [-0.3, -0.25) is 0 Å². The Kier molecular flexibility index (Phi) is 16.9. The Labute approximate surface area is 459 Å². The Morgan fingerprint density at radius 3 is 1.38 bits per heavy atom. The molecule has 0 saturated carbocycles. The maximum absolute atomic E-state index is 5.70. The smallest absolute Gasteiger partial charge is 0.116 e. The number of anilines is 3. The molecular weight excluding hydrogens is 985 g/mol. The summed E-state index contributed by atoms with van der Waals surface area (Å²) in [6, 6.07) is 47.0. The number of aromatic nitrogens is 4. The van der Waals surface area contributed by atoms with E-state index >= 15 is 0 Å². The van der Waals surface area contributed by atoms with Gasteiger partial charge in [0.25, 0.3) is 0 Å². The van der Waals surface area contributed by atoms with Crippen molar-refractivity contribution in [3.8, 4) is 53.0 Å². The van der Waals surface area contributed by atoms with Crippen molar-refractivity contribution >= 4 is 79.1 Å². The van der Waals surface area contributed by atoms with Gasteiger partial charge in [-0.05, 0) is 148 Å². The van der Waals surface area contributed by atoms with Crippen LogP contribution >= 0.6 is 34.4 Å². The lowest BCUT2D eigenvalue weighted by atomic mass is 9.98. The van der Waals surface area contributed by atoms with E-state index in [0.717, 1.165) is 121 Å². The largest absolute Gasteiger partial charge is 0.311 e. The second-order valence-corrected chi connectivity index (χ2v) is 20.0. The highest BCUT2D eigenvalue weighted by Gasteiger charge is 2.27. The zero-order valence-corrected chi connectivity index (χ0v) is 45.8. The molecule has 0 spiro atoms. The van der Waals surface area contributed by atoms with Crippen molar-refractivity contribution < 1.29 is 0 Å². The molecule has 9 aromatic rings. The molecule has 0 aliphatic carbocycles. The molecule has 5 aromatic carbocycles. The molecule has 0 fully saturated rings. The van der Waals surface area contributed by atoms with E-state index in [9.17, 15) is 0 Å². The highest BCUT2D eigenvalue weighted by molar-refractivity contribution is 7.19. The number of thiophene rings is 2. The van der Waals surface area contributed by atoms with Crippen molar-refractivity contribution in [1.29, 1.82) is 0 Å². The number of nitrogens with zero attached hydrogens (tertiary/aromatic N) is 6. The van der Waals surface area contributed by atoms with Crippen LogP contribution in [0.2, 0.25) is 0 Å². The molecule has 0 unspecified atom stereocenters. The van der Waals surface area contributed by atoms with E-state index in [-0.39, 0.29) is 0 Å². The van der Waals surface area contributed by atoms with Gasteiger partial charge in [-0.2, -0.15) is 8.75 Å². The van der Waals surface area contributed by atoms with Crippen LogP contribution in [0, 0.1) is 0 Å². The minimum atomic E-state index is 0.772. The second kappa shape index (κ2) is 24.6. The van der Waals surface area contributed by atoms with Crippen molar-refractivity contribution in [2.45, 2.75) is 34.6 Å². The summed E-state index contributed by atoms with van der Waals surface area (Å²) in [5.74, 6) is 0. The van der Waals surface area contributed by atoms with Crippen LogP contribution in [-0.4, -0.2) is 18.7 Å². The maximum atomic E-state index is 5.70. The topological polar surface area (TPSA) is 58.0 Å². The van der Waals surface area contributed by atoms with Crippen molar-refractivity contribution in [3.63, 3.8) is 0 Å². The van der Waals surface area contributed by atoms with E-state index in [1.165, 1.54) is 11.7 Å². The molecule has 374 valence electrons. The van der Waals surface area contributed by atoms with Gasteiger partial charge in [0.1, 0.15) is 22.1 Å². The molecular formula is C67H58N6S3. The number of allylic oxidation sites excluding steroid dienone is 16. The summed E-state index contributed by atoms with van der Waals surface area (Å²) in [6.45, 7) is 22.2. The lowest BCUT2D eigenvalue weighted by Gasteiger charge is -2.27. The van der Waals surface area contributed by atoms with E-state index in [2.05, 4.69) is 200 Å². The first-order valence-electron chi connectivity index (χ1n) is 25.2. The van der Waals surface area contributed by atoms with Crippen molar-refractivity contribution in [2.24, 2.45) is 0 Å². The average Bonchev–Trinajstić information content (AvgIpc) is 4.28. The molecule has 9 heteroatoms. The molecule has 0 aliphatic rings. The summed E-state index contributed by atoms with van der Waals surface area (Å²) in [7, 11) is 0. The highest BCUT2D eigenvalue weighted by Crippen LogP contribution is 2.48. The van der Waals surface area contributed by atoms with Crippen LogP contribution in [-0.2, 0) is 0 Å². The minimum absolute atomic E-state index is 0.772. The summed E-state index contributed by atoms with van der Waals surface area (Å²) in [4.78, 5) is 20.1. The van der Waals surface area contributed by atoms with E-state index in [1.54, 1.807) is 22.7 Å². The van der Waals surface area contributed by atoms with Gasteiger partial charge in [0.15, 0.2) is 0 Å². The van der Waals surface area contributed by atoms with Gasteiger partial charge in [-0.25, -0.2) is 9.97 Å². The van der Waals surface area contributed by atoms with Gasteiger partial charge in [0.2, 0.25) is 0 Å². The molecule has 0 amide bonds. The van der Waals surface area contributed by atoms with Gasteiger partial charge in [-0.15, -0.1) is 22.7 Å². The summed E-state index contributed by atoms with van der Waals surface area (Å²) in [6.07, 6.45) is 30.2. The van der Waals surface area contributed by atoms with Gasteiger partial charge in [-0.1, -0.05) is 147 Å². The summed E-state index contributed by atoms with van der Waals surface area (Å²) >= 11 is 4.66. The molecule has 0 radical (unpaired) electrons. The zero-order chi connectivity index (χ0) is 53.0. The quantitative estimate of drug-likeness (QED) is 0.0752. The maximum Gasteiger partial charge on any atom is 0.116 e. The first-order chi connectivity index (χ1) is 37.4. The molecule has 6 nitrogen and oxygen atoms in total. The summed E-state index contributed by atoms with van der Waals surface area (Å²) in [5, 5.41) is 0. The lowest BCUT2D eigenvalue weighted by molar-refractivity contribution is 1.14. The minimum Gasteiger partial charge on any atom is -0.311 e. The molecule has 0 aliphatic heterocycles. The van der Waals surface area contributed by atoms with Gasteiger partial charge >= 0.3 is 0 Å². The van der Waals surface area contributed by atoms with Crippen LogP contribution in [0.1, 0.15) is 40.3 Å². The van der Waals surface area contributed by atoms with E-state index < -0.39 is 0 Å². The fourth-order valence-corrected chi connectivity index (χ4v) is 11.9. The van der Waals surface area contributed by atoms with Crippen molar-refractivity contribution in [3.05, 3.63) is 267 Å². The first kappa shape index (κ1) is 52.3. The first-order valence-corrected chi connectivity index (χ1v) is 27.5. The fourth-order valence-electron chi connectivity index (χ4n) is 9.25. The number of hydrogen-bond acceptors (Lipinski definition) is 9. The van der Waals surface area contributed by atoms with Crippen LogP contribution in [0.5, 0.6) is 0 Å². The monoisotopic (exact) mass is 1040 g/mol. The van der Waals surface area contributed by atoms with Crippen LogP contribution in [0.15, 0.2) is 261 Å². The molecule has 4 aromatic heterocycles. The number of fused-ring (bicyclic) bond motifs is 2. The fraction of sp³-hybridized carbons (Fsp3) is 0.0746. The number of rotatable bonds is 19. The Morgan fingerprint density at radius 1 is 0.434 bits per heavy atom. The Bertz CT molecular complexity index is 3770. The summed E-state index contributed by atoms with van der Waals surface area (Å²) < 4.78 is 10.2. The molecule has 0 N–H and O–H groups in total. The van der Waals surface area contributed by atoms with E-state index in [0.29, 0.717) is 0 Å². The van der Waals surface area contributed by atoms with Crippen molar-refractivity contribution in [2.75, 3.05) is 9.80 Å². The van der Waals surface area contributed by atoms with Crippen LogP contribution in [0.4, 0.5) is 17.1 Å². The predicted octanol–water partition coefficient (Wildman–Crippen LogP) is 20.0. The van der Waals surface area contributed by atoms with Gasteiger partial charge < -0.3 is 9.80 Å². The zero-order valence-electron chi connectivity index (χ0n) is 43.4. The number of hydrogen-bond donors (Lipinski definition) is 0. The standard InChI is InChI=1S/C67H58N6S3/c1-9-23-46(16-8)62-63(49-30-19-17-20-31-49)69-65-61(59-45-43-56(75-59)47-34-38-54(39-35-47)72(50(24-10-2)25-11-3)51(26-12-4)27-13-5)67-66(70-76-71-67)60(64(65)68-62)58-44-42-57(74-58)48-36-40-55(41-37-48)73(52(28-14-6)29-15-7)53-32-21-18-22-33-53/h9-45H,2,4,6H2,1,3,5,7-8H3/b23-9-,25-11-,27-13-,29-15-,46-16+,50-24+,51-26+,52-28+. The van der Waals surface area contributed by atoms with E-state index in [4.69, 9.17) is 18.7 Å². The lowest BCUT2D eigenvalue weighted by Crippen LogP contribution is -2.19. The van der Waals surface area contributed by atoms with Crippen LogP contribution in [0.3, 0.4) is 0 Å². The van der Waals surface area contributed by atoms with E-state index in [1.807, 2.05) is 88.4 Å². The second-order valence-electron chi connectivity index (χ2n) is 17.3. The molecule has 4 heterocycles. The SMILES string of the molecule is C=C/C=C(\C=C/C)N(C(/C=C\C)=C/C=C)c1ccc(-c2ccc(-c3c4nsnc4c(-c4ccc(-c5ccc(N(C(/C=C\C)=C/C=C)c6ccccc6)cc5)s4)c4nc(C(/C=C\C)=C/C)c(-c5ccccc5)nc34)s2)cc1. The van der Waals surface area contributed by atoms with Crippen LogP contribution in [0.25, 0.3) is 80.7 Å². The predicted molar refractivity (Wildman–Crippen MR) is 332 cm³/mol. The highest BCUT2D eigenvalue weighted by atomic mass is 32.1. The van der Waals surface area contributed by atoms with Crippen molar-refractivity contribution in [1.82, 2.24) is 18.7 Å². The molecule has 0 saturated heterocycles. The summed E-state index contributed by atoms with van der Waals surface area (Å²) in [5.41, 5.74) is 16.8. The van der Waals surface area contributed by atoms with Gasteiger partial charge in [0.05, 0.1) is 23.1 Å². The third-order valence-electron chi connectivity index (χ3n) is 12.5. The molecule has 9 rings (SSSR count). The Hall–Kier alpha value is -8.60. The normalized spacial score (nSPS) is 12.8. The third kappa shape index (κ3) is 10.8. The molecule has 76 heavy (non-hydrogen) atoms. The number of para-hydroxylation sites is 1.